The number of nitrogens with zero attached hydrogens (tertiary/aromatic N) is 2. The summed E-state index contributed by atoms with van der Waals surface area (Å²) in [6, 6.07) is 22.8. The number of carbonyl (C=O) groups is 2. The van der Waals surface area contributed by atoms with Crippen molar-refractivity contribution in [2.45, 2.75) is 44.3 Å². The fourth-order valence-electron chi connectivity index (χ4n) is 3.78. The maximum atomic E-state index is 13.8. The van der Waals surface area contributed by atoms with E-state index >= 15 is 0 Å². The SMILES string of the molecule is COc1cccc(N(CC(=O)N(Cc2ccccc2)C(C)C(=O)NC(C)C)S(=O)(=O)c2ccccc2)c1. The van der Waals surface area contributed by atoms with Crippen LogP contribution in [-0.2, 0) is 26.2 Å². The average Bonchev–Trinajstić information content (AvgIpc) is 2.90. The van der Waals surface area contributed by atoms with E-state index in [9.17, 15) is 18.0 Å². The van der Waals surface area contributed by atoms with E-state index in [1.807, 2.05) is 44.2 Å². The fourth-order valence-corrected chi connectivity index (χ4v) is 5.21. The van der Waals surface area contributed by atoms with E-state index in [0.717, 1.165) is 9.87 Å². The van der Waals surface area contributed by atoms with Crippen molar-refractivity contribution in [1.29, 1.82) is 0 Å². The van der Waals surface area contributed by atoms with Gasteiger partial charge in [-0.05, 0) is 50.6 Å². The highest BCUT2D eigenvalue weighted by Crippen LogP contribution is 2.27. The molecule has 0 aliphatic carbocycles. The molecule has 0 radical (unpaired) electrons. The van der Waals surface area contributed by atoms with Gasteiger partial charge in [0.15, 0.2) is 0 Å². The third kappa shape index (κ3) is 7.10. The molecule has 0 aliphatic heterocycles. The molecule has 0 aliphatic rings. The largest absolute Gasteiger partial charge is 0.497 e. The summed E-state index contributed by atoms with van der Waals surface area (Å²) in [5.74, 6) is -0.389. The molecular weight excluding hydrogens is 490 g/mol. The summed E-state index contributed by atoms with van der Waals surface area (Å²) < 4.78 is 33.8. The van der Waals surface area contributed by atoms with E-state index in [4.69, 9.17) is 4.74 Å². The minimum absolute atomic E-state index is 0.0471. The van der Waals surface area contributed by atoms with Crippen LogP contribution in [0.15, 0.2) is 89.8 Å². The Morgan fingerprint density at radius 3 is 2.11 bits per heavy atom. The molecule has 3 aromatic carbocycles. The van der Waals surface area contributed by atoms with E-state index in [-0.39, 0.29) is 29.1 Å². The summed E-state index contributed by atoms with van der Waals surface area (Å²) in [5, 5.41) is 2.84. The van der Waals surface area contributed by atoms with Gasteiger partial charge in [0.2, 0.25) is 11.8 Å². The number of methoxy groups -OCH3 is 1. The van der Waals surface area contributed by atoms with Gasteiger partial charge < -0.3 is 15.0 Å². The maximum Gasteiger partial charge on any atom is 0.264 e. The Morgan fingerprint density at radius 1 is 0.892 bits per heavy atom. The highest BCUT2D eigenvalue weighted by molar-refractivity contribution is 7.92. The molecule has 8 nitrogen and oxygen atoms in total. The molecule has 2 amide bonds. The Morgan fingerprint density at radius 2 is 1.51 bits per heavy atom. The first kappa shape index (κ1) is 27.7. The van der Waals surface area contributed by atoms with Gasteiger partial charge >= 0.3 is 0 Å². The second-order valence-corrected chi connectivity index (χ2v) is 10.7. The van der Waals surface area contributed by atoms with Crippen LogP contribution in [0.2, 0.25) is 0 Å². The second kappa shape index (κ2) is 12.4. The number of hydrogen-bond acceptors (Lipinski definition) is 5. The van der Waals surface area contributed by atoms with Gasteiger partial charge in [0, 0.05) is 18.7 Å². The van der Waals surface area contributed by atoms with E-state index in [1.165, 1.54) is 24.1 Å². The standard InChI is InChI=1S/C28H33N3O5S/c1-21(2)29-28(33)22(3)30(19-23-12-7-5-8-13-23)27(32)20-31(24-14-11-15-25(18-24)36-4)37(34,35)26-16-9-6-10-17-26/h5-18,21-22H,19-20H2,1-4H3,(H,29,33). The number of sulfonamides is 1. The first-order valence-electron chi connectivity index (χ1n) is 12.0. The predicted octanol–water partition coefficient (Wildman–Crippen LogP) is 3.83. The smallest absolute Gasteiger partial charge is 0.264 e. The molecule has 0 fully saturated rings. The lowest BCUT2D eigenvalue weighted by Crippen LogP contribution is -2.52. The van der Waals surface area contributed by atoms with Gasteiger partial charge in [0.05, 0.1) is 17.7 Å². The zero-order valence-electron chi connectivity index (χ0n) is 21.5. The number of anilines is 1. The molecule has 9 heteroatoms. The van der Waals surface area contributed by atoms with Gasteiger partial charge in [0.25, 0.3) is 10.0 Å². The van der Waals surface area contributed by atoms with Crippen LogP contribution >= 0.6 is 0 Å². The van der Waals surface area contributed by atoms with Crippen molar-refractivity contribution in [3.05, 3.63) is 90.5 Å². The van der Waals surface area contributed by atoms with Gasteiger partial charge in [-0.3, -0.25) is 13.9 Å². The van der Waals surface area contributed by atoms with Crippen molar-refractivity contribution in [2.24, 2.45) is 0 Å². The molecule has 0 bridgehead atoms. The summed E-state index contributed by atoms with van der Waals surface area (Å²) in [5.41, 5.74) is 1.09. The monoisotopic (exact) mass is 523 g/mol. The van der Waals surface area contributed by atoms with E-state index in [2.05, 4.69) is 5.32 Å². The zero-order chi connectivity index (χ0) is 27.0. The first-order chi connectivity index (χ1) is 17.6. The Bertz CT molecular complexity index is 1300. The quantitative estimate of drug-likeness (QED) is 0.412. The third-order valence-electron chi connectivity index (χ3n) is 5.75. The lowest BCUT2D eigenvalue weighted by atomic mass is 10.1. The number of benzene rings is 3. The van der Waals surface area contributed by atoms with Gasteiger partial charge in [-0.15, -0.1) is 0 Å². The minimum Gasteiger partial charge on any atom is -0.497 e. The number of nitrogens with one attached hydrogen (secondary N) is 1. The lowest BCUT2D eigenvalue weighted by Gasteiger charge is -2.32. The van der Waals surface area contributed by atoms with Gasteiger partial charge in [0.1, 0.15) is 18.3 Å². The summed E-state index contributed by atoms with van der Waals surface area (Å²) in [6.45, 7) is 4.95. The number of rotatable bonds is 11. The molecule has 0 saturated carbocycles. The number of ether oxygens (including phenoxy) is 1. The molecule has 0 heterocycles. The Hall–Kier alpha value is -3.85. The normalized spacial score (nSPS) is 12.0. The van der Waals surface area contributed by atoms with Crippen LogP contribution in [0.3, 0.4) is 0 Å². The Labute approximate surface area is 218 Å². The molecule has 196 valence electrons. The molecule has 0 spiro atoms. The van der Waals surface area contributed by atoms with Crippen molar-refractivity contribution in [3.63, 3.8) is 0 Å². The number of carbonyl (C=O) groups excluding carboxylic acids is 2. The van der Waals surface area contributed by atoms with Crippen molar-refractivity contribution >= 4 is 27.5 Å². The van der Waals surface area contributed by atoms with Crippen LogP contribution in [0.25, 0.3) is 0 Å². The van der Waals surface area contributed by atoms with E-state index < -0.39 is 28.5 Å². The van der Waals surface area contributed by atoms with Crippen molar-refractivity contribution in [2.75, 3.05) is 18.0 Å². The molecule has 3 rings (SSSR count). The fraction of sp³-hybridized carbons (Fsp3) is 0.286. The third-order valence-corrected chi connectivity index (χ3v) is 7.53. The summed E-state index contributed by atoms with van der Waals surface area (Å²) in [4.78, 5) is 28.1. The van der Waals surface area contributed by atoms with Gasteiger partial charge in [-0.25, -0.2) is 8.42 Å². The molecule has 3 aromatic rings. The molecule has 37 heavy (non-hydrogen) atoms. The molecular formula is C28H33N3O5S. The Kier molecular flexibility index (Phi) is 9.30. The van der Waals surface area contributed by atoms with Crippen molar-refractivity contribution in [1.82, 2.24) is 10.2 Å². The van der Waals surface area contributed by atoms with E-state index in [0.29, 0.717) is 5.75 Å². The van der Waals surface area contributed by atoms with E-state index in [1.54, 1.807) is 49.4 Å². The molecule has 0 aromatic heterocycles. The minimum atomic E-state index is -4.12. The maximum absolute atomic E-state index is 13.8. The zero-order valence-corrected chi connectivity index (χ0v) is 22.3. The van der Waals surface area contributed by atoms with Crippen LogP contribution in [-0.4, -0.2) is 50.9 Å². The molecule has 1 unspecified atom stereocenters. The highest BCUT2D eigenvalue weighted by atomic mass is 32.2. The molecule has 1 N–H and O–H groups in total. The van der Waals surface area contributed by atoms with Crippen LogP contribution in [0.5, 0.6) is 5.75 Å². The second-order valence-electron chi connectivity index (χ2n) is 8.87. The van der Waals surface area contributed by atoms with Crippen LogP contribution in [0.1, 0.15) is 26.3 Å². The summed E-state index contributed by atoms with van der Waals surface area (Å²) in [6.07, 6.45) is 0. The summed E-state index contributed by atoms with van der Waals surface area (Å²) in [7, 11) is -2.63. The molecule has 1 atom stereocenters. The van der Waals surface area contributed by atoms with Crippen molar-refractivity contribution < 1.29 is 22.7 Å². The first-order valence-corrected chi connectivity index (χ1v) is 13.4. The lowest BCUT2D eigenvalue weighted by molar-refractivity contribution is -0.139. The predicted molar refractivity (Wildman–Crippen MR) is 144 cm³/mol. The number of amides is 2. The van der Waals surface area contributed by atoms with Gasteiger partial charge in [-0.1, -0.05) is 54.6 Å². The topological polar surface area (TPSA) is 96.0 Å². The number of hydrogen-bond donors (Lipinski definition) is 1. The van der Waals surface area contributed by atoms with Crippen LogP contribution < -0.4 is 14.4 Å². The van der Waals surface area contributed by atoms with Gasteiger partial charge in [-0.2, -0.15) is 0 Å². The van der Waals surface area contributed by atoms with Crippen LogP contribution in [0.4, 0.5) is 5.69 Å². The highest BCUT2D eigenvalue weighted by Gasteiger charge is 2.32. The Balaban J connectivity index is 2.02. The molecule has 0 saturated heterocycles. The van der Waals surface area contributed by atoms with Crippen molar-refractivity contribution in [3.8, 4) is 5.75 Å². The average molecular weight is 524 g/mol. The summed E-state index contributed by atoms with van der Waals surface area (Å²) >= 11 is 0. The van der Waals surface area contributed by atoms with Crippen LogP contribution in [0, 0.1) is 0 Å².